The molecule has 1 aliphatic rings. The van der Waals surface area contributed by atoms with Crippen molar-refractivity contribution in [1.29, 1.82) is 0 Å². The Morgan fingerprint density at radius 2 is 1.82 bits per heavy atom. The Balaban J connectivity index is 1.77. The zero-order chi connectivity index (χ0) is 15.4. The first-order valence-electron chi connectivity index (χ1n) is 7.55. The van der Waals surface area contributed by atoms with Crippen LogP contribution in [-0.4, -0.2) is 5.21 Å². The van der Waals surface area contributed by atoms with Gasteiger partial charge in [0.15, 0.2) is 0 Å². The van der Waals surface area contributed by atoms with Crippen LogP contribution in [0.5, 0.6) is 0 Å². The molecule has 0 spiro atoms. The average Bonchev–Trinajstić information content (AvgIpc) is 2.56. The standard InChI is InChI=1S/C17H21N3O2/c18-15-10-16(20-22-11-12-6-2-1-3-7-12)17(19-21)14-9-5-4-8-13(14)15/h1-3,6-7,10,19-21H,4-5,8-9,11,18H2. The van der Waals surface area contributed by atoms with Crippen LogP contribution in [0.3, 0.4) is 0 Å². The monoisotopic (exact) mass is 299 g/mol. The first kappa shape index (κ1) is 14.7. The predicted molar refractivity (Wildman–Crippen MR) is 87.8 cm³/mol. The van der Waals surface area contributed by atoms with E-state index in [1.54, 1.807) is 0 Å². The van der Waals surface area contributed by atoms with E-state index in [-0.39, 0.29) is 0 Å². The van der Waals surface area contributed by atoms with E-state index in [1.165, 1.54) is 0 Å². The van der Waals surface area contributed by atoms with Crippen molar-refractivity contribution in [2.75, 3.05) is 16.7 Å². The molecule has 3 rings (SSSR count). The minimum absolute atomic E-state index is 0.433. The number of nitrogens with two attached hydrogens (primary N) is 1. The summed E-state index contributed by atoms with van der Waals surface area (Å²) in [4.78, 5) is 5.54. The highest BCUT2D eigenvalue weighted by Gasteiger charge is 2.19. The van der Waals surface area contributed by atoms with Gasteiger partial charge in [-0.1, -0.05) is 30.3 Å². The van der Waals surface area contributed by atoms with Gasteiger partial charge in [0.05, 0.1) is 18.0 Å². The normalized spacial score (nSPS) is 13.5. The zero-order valence-corrected chi connectivity index (χ0v) is 12.4. The third-order valence-electron chi connectivity index (χ3n) is 4.06. The summed E-state index contributed by atoms with van der Waals surface area (Å²) in [6.45, 7) is 0.433. The Kier molecular flexibility index (Phi) is 4.46. The van der Waals surface area contributed by atoms with Gasteiger partial charge < -0.3 is 5.73 Å². The summed E-state index contributed by atoms with van der Waals surface area (Å²) in [5.41, 5.74) is 16.7. The van der Waals surface area contributed by atoms with E-state index in [0.717, 1.165) is 48.1 Å². The van der Waals surface area contributed by atoms with Crippen LogP contribution >= 0.6 is 0 Å². The molecule has 0 aromatic heterocycles. The highest BCUT2D eigenvalue weighted by molar-refractivity contribution is 5.78. The number of hydrogen-bond donors (Lipinski definition) is 4. The van der Waals surface area contributed by atoms with E-state index >= 15 is 0 Å². The molecule has 0 bridgehead atoms. The van der Waals surface area contributed by atoms with Crippen molar-refractivity contribution < 1.29 is 10.0 Å². The SMILES string of the molecule is Nc1cc(NOCc2ccccc2)c(NO)c2c1CCCC2. The Labute approximate surface area is 130 Å². The quantitative estimate of drug-likeness (QED) is 0.502. The molecule has 0 saturated carbocycles. The van der Waals surface area contributed by atoms with Gasteiger partial charge in [0.1, 0.15) is 0 Å². The van der Waals surface area contributed by atoms with Gasteiger partial charge in [-0.05, 0) is 48.4 Å². The molecule has 0 amide bonds. The van der Waals surface area contributed by atoms with Crippen molar-refractivity contribution in [3.63, 3.8) is 0 Å². The van der Waals surface area contributed by atoms with E-state index in [4.69, 9.17) is 10.6 Å². The molecule has 0 heterocycles. The van der Waals surface area contributed by atoms with Gasteiger partial charge in [-0.15, -0.1) is 0 Å². The van der Waals surface area contributed by atoms with Crippen molar-refractivity contribution in [2.24, 2.45) is 0 Å². The second-order valence-corrected chi connectivity index (χ2v) is 5.54. The lowest BCUT2D eigenvalue weighted by Gasteiger charge is -2.23. The molecule has 1 aliphatic carbocycles. The van der Waals surface area contributed by atoms with Crippen molar-refractivity contribution in [2.45, 2.75) is 32.3 Å². The van der Waals surface area contributed by atoms with Crippen LogP contribution in [0, 0.1) is 0 Å². The fourth-order valence-electron chi connectivity index (χ4n) is 2.96. The smallest absolute Gasteiger partial charge is 0.0996 e. The molecule has 0 fully saturated rings. The summed E-state index contributed by atoms with van der Waals surface area (Å²) in [7, 11) is 0. The molecule has 5 nitrogen and oxygen atoms in total. The molecule has 0 aliphatic heterocycles. The van der Waals surface area contributed by atoms with Crippen LogP contribution in [0.1, 0.15) is 29.5 Å². The summed E-state index contributed by atoms with van der Waals surface area (Å²) in [6, 6.07) is 11.7. The fraction of sp³-hybridized carbons (Fsp3) is 0.294. The summed E-state index contributed by atoms with van der Waals surface area (Å²) in [5.74, 6) is 0. The fourth-order valence-corrected chi connectivity index (χ4v) is 2.96. The number of anilines is 3. The maximum Gasteiger partial charge on any atom is 0.0996 e. The summed E-state index contributed by atoms with van der Waals surface area (Å²) >= 11 is 0. The molecular weight excluding hydrogens is 278 g/mol. The van der Waals surface area contributed by atoms with Crippen molar-refractivity contribution in [3.8, 4) is 0 Å². The summed E-state index contributed by atoms with van der Waals surface area (Å²) in [5, 5.41) is 9.50. The Morgan fingerprint density at radius 1 is 1.09 bits per heavy atom. The molecular formula is C17H21N3O2. The van der Waals surface area contributed by atoms with Crippen molar-refractivity contribution in [3.05, 3.63) is 53.1 Å². The zero-order valence-electron chi connectivity index (χ0n) is 12.4. The van der Waals surface area contributed by atoms with E-state index in [2.05, 4.69) is 11.0 Å². The summed E-state index contributed by atoms with van der Waals surface area (Å²) in [6.07, 6.45) is 4.12. The van der Waals surface area contributed by atoms with Crippen molar-refractivity contribution in [1.82, 2.24) is 0 Å². The van der Waals surface area contributed by atoms with E-state index < -0.39 is 0 Å². The van der Waals surface area contributed by atoms with Crippen LogP contribution < -0.4 is 16.7 Å². The van der Waals surface area contributed by atoms with Crippen molar-refractivity contribution >= 4 is 17.1 Å². The number of benzene rings is 2. The molecule has 22 heavy (non-hydrogen) atoms. The molecule has 0 radical (unpaired) electrons. The number of nitrogen functional groups attached to an aromatic ring is 1. The second-order valence-electron chi connectivity index (χ2n) is 5.54. The third kappa shape index (κ3) is 3.00. The molecule has 2 aromatic rings. The number of rotatable bonds is 5. The average molecular weight is 299 g/mol. The minimum Gasteiger partial charge on any atom is -0.398 e. The molecule has 5 heteroatoms. The number of nitrogens with one attached hydrogen (secondary N) is 2. The molecule has 0 saturated heterocycles. The Bertz CT molecular complexity index is 644. The Morgan fingerprint density at radius 3 is 2.55 bits per heavy atom. The van der Waals surface area contributed by atoms with Gasteiger partial charge >= 0.3 is 0 Å². The molecule has 116 valence electrons. The highest BCUT2D eigenvalue weighted by Crippen LogP contribution is 2.37. The van der Waals surface area contributed by atoms with Crippen LogP contribution in [0.2, 0.25) is 0 Å². The van der Waals surface area contributed by atoms with Crippen LogP contribution in [-0.2, 0) is 24.3 Å². The Hall–Kier alpha value is -2.24. The van der Waals surface area contributed by atoms with Gasteiger partial charge in [0, 0.05) is 5.69 Å². The minimum atomic E-state index is 0.433. The van der Waals surface area contributed by atoms with E-state index in [9.17, 15) is 5.21 Å². The van der Waals surface area contributed by atoms with Crippen LogP contribution in [0.15, 0.2) is 36.4 Å². The van der Waals surface area contributed by atoms with Gasteiger partial charge in [-0.2, -0.15) is 0 Å². The maximum absolute atomic E-state index is 9.50. The van der Waals surface area contributed by atoms with Gasteiger partial charge in [-0.3, -0.25) is 21.0 Å². The van der Waals surface area contributed by atoms with Crippen LogP contribution in [0.4, 0.5) is 17.1 Å². The lowest BCUT2D eigenvalue weighted by Crippen LogP contribution is -2.13. The first-order valence-corrected chi connectivity index (χ1v) is 7.55. The maximum atomic E-state index is 9.50. The van der Waals surface area contributed by atoms with Gasteiger partial charge in [0.25, 0.3) is 0 Å². The first-order chi connectivity index (χ1) is 10.8. The lowest BCUT2D eigenvalue weighted by molar-refractivity contribution is 0.180. The summed E-state index contributed by atoms with van der Waals surface area (Å²) < 4.78 is 0. The molecule has 2 aromatic carbocycles. The second kappa shape index (κ2) is 6.68. The molecule has 5 N–H and O–H groups in total. The predicted octanol–water partition coefficient (Wildman–Crippen LogP) is 3.49. The third-order valence-corrected chi connectivity index (χ3v) is 4.06. The topological polar surface area (TPSA) is 79.5 Å². The molecule has 0 unspecified atom stereocenters. The van der Waals surface area contributed by atoms with Crippen LogP contribution in [0.25, 0.3) is 0 Å². The number of fused-ring (bicyclic) bond motifs is 1. The van der Waals surface area contributed by atoms with Gasteiger partial charge in [0.2, 0.25) is 0 Å². The highest BCUT2D eigenvalue weighted by atomic mass is 16.6. The lowest BCUT2D eigenvalue weighted by atomic mass is 9.88. The largest absolute Gasteiger partial charge is 0.398 e. The van der Waals surface area contributed by atoms with E-state index in [1.807, 2.05) is 36.4 Å². The van der Waals surface area contributed by atoms with E-state index in [0.29, 0.717) is 18.0 Å². The molecule has 0 atom stereocenters. The number of hydrogen-bond acceptors (Lipinski definition) is 5. The van der Waals surface area contributed by atoms with Gasteiger partial charge in [-0.25, -0.2) is 0 Å².